The standard InChI is InChI=1S/C16H19ClN2O/c1-10-14(16(17)19(2)18-10)9-15(20)13-6-4-3-5-12(13)11-7-8-11/h3-6,11,15,20H,7-9H2,1-2H3. The Labute approximate surface area is 124 Å². The van der Waals surface area contributed by atoms with Crippen LogP contribution in [-0.2, 0) is 13.5 Å². The second kappa shape index (κ2) is 5.23. The Bertz CT molecular complexity index is 631. The lowest BCUT2D eigenvalue weighted by Gasteiger charge is -2.15. The highest BCUT2D eigenvalue weighted by Gasteiger charge is 2.28. The Morgan fingerprint density at radius 3 is 2.70 bits per heavy atom. The molecule has 0 aliphatic heterocycles. The fourth-order valence-corrected chi connectivity index (χ4v) is 3.04. The molecular weight excluding hydrogens is 272 g/mol. The number of nitrogens with zero attached hydrogens (tertiary/aromatic N) is 2. The minimum atomic E-state index is -0.521. The molecule has 0 spiro atoms. The molecule has 20 heavy (non-hydrogen) atoms. The molecule has 4 heteroatoms. The molecule has 0 bridgehead atoms. The summed E-state index contributed by atoms with van der Waals surface area (Å²) in [4.78, 5) is 0. The van der Waals surface area contributed by atoms with Crippen LogP contribution in [0.3, 0.4) is 0 Å². The average Bonchev–Trinajstić information content (AvgIpc) is 3.24. The van der Waals surface area contributed by atoms with E-state index >= 15 is 0 Å². The average molecular weight is 291 g/mol. The molecule has 1 aromatic carbocycles. The lowest BCUT2D eigenvalue weighted by atomic mass is 9.95. The van der Waals surface area contributed by atoms with Gasteiger partial charge in [0.15, 0.2) is 0 Å². The normalized spacial score (nSPS) is 16.4. The minimum absolute atomic E-state index is 0.516. The van der Waals surface area contributed by atoms with Crippen molar-refractivity contribution in [2.45, 2.75) is 38.2 Å². The van der Waals surface area contributed by atoms with Gasteiger partial charge < -0.3 is 5.11 Å². The molecule has 1 saturated carbocycles. The van der Waals surface area contributed by atoms with Crippen LogP contribution in [0.1, 0.15) is 47.2 Å². The quantitative estimate of drug-likeness (QED) is 0.935. The van der Waals surface area contributed by atoms with Gasteiger partial charge in [0.25, 0.3) is 0 Å². The van der Waals surface area contributed by atoms with E-state index in [1.807, 2.05) is 32.2 Å². The van der Waals surface area contributed by atoms with Gasteiger partial charge in [-0.2, -0.15) is 5.10 Å². The molecule has 1 aromatic heterocycles. The molecule has 1 heterocycles. The second-order valence-corrected chi connectivity index (χ2v) is 5.96. The summed E-state index contributed by atoms with van der Waals surface area (Å²) in [6, 6.07) is 8.19. The molecule has 106 valence electrons. The van der Waals surface area contributed by atoms with Crippen LogP contribution >= 0.6 is 11.6 Å². The molecule has 0 amide bonds. The van der Waals surface area contributed by atoms with Crippen molar-refractivity contribution in [3.05, 3.63) is 51.8 Å². The molecule has 1 fully saturated rings. The summed E-state index contributed by atoms with van der Waals surface area (Å²) in [5.74, 6) is 0.631. The lowest BCUT2D eigenvalue weighted by molar-refractivity contribution is 0.177. The van der Waals surface area contributed by atoms with Crippen molar-refractivity contribution in [2.75, 3.05) is 0 Å². The molecule has 1 aliphatic carbocycles. The molecule has 0 radical (unpaired) electrons. The molecule has 2 aromatic rings. The predicted octanol–water partition coefficient (Wildman–Crippen LogP) is 3.54. The van der Waals surface area contributed by atoms with Gasteiger partial charge in [-0.05, 0) is 36.8 Å². The number of aryl methyl sites for hydroxylation is 2. The van der Waals surface area contributed by atoms with Crippen LogP contribution in [0.4, 0.5) is 0 Å². The number of aliphatic hydroxyl groups is 1. The van der Waals surface area contributed by atoms with Gasteiger partial charge in [-0.3, -0.25) is 4.68 Å². The number of aliphatic hydroxyl groups excluding tert-OH is 1. The van der Waals surface area contributed by atoms with Crippen molar-refractivity contribution < 1.29 is 5.11 Å². The smallest absolute Gasteiger partial charge is 0.130 e. The van der Waals surface area contributed by atoms with E-state index in [1.54, 1.807) is 4.68 Å². The number of hydrogen-bond donors (Lipinski definition) is 1. The van der Waals surface area contributed by atoms with Gasteiger partial charge in [0, 0.05) is 19.0 Å². The highest BCUT2D eigenvalue weighted by molar-refractivity contribution is 6.30. The summed E-state index contributed by atoms with van der Waals surface area (Å²) in [7, 11) is 1.82. The molecule has 1 atom stereocenters. The molecule has 0 saturated heterocycles. The number of halogens is 1. The zero-order valence-corrected chi connectivity index (χ0v) is 12.6. The van der Waals surface area contributed by atoms with Crippen LogP contribution in [0.2, 0.25) is 5.15 Å². The van der Waals surface area contributed by atoms with Crippen molar-refractivity contribution in [3.8, 4) is 0 Å². The summed E-state index contributed by atoms with van der Waals surface area (Å²) in [6.07, 6.45) is 2.46. The topological polar surface area (TPSA) is 38.0 Å². The van der Waals surface area contributed by atoms with Gasteiger partial charge in [-0.1, -0.05) is 35.9 Å². The van der Waals surface area contributed by atoms with Crippen LogP contribution in [0, 0.1) is 6.92 Å². The third kappa shape index (κ3) is 2.48. The van der Waals surface area contributed by atoms with Crippen molar-refractivity contribution in [3.63, 3.8) is 0 Å². The SMILES string of the molecule is Cc1nn(C)c(Cl)c1CC(O)c1ccccc1C1CC1. The van der Waals surface area contributed by atoms with Gasteiger partial charge in [0.2, 0.25) is 0 Å². The number of aromatic nitrogens is 2. The summed E-state index contributed by atoms with van der Waals surface area (Å²) >= 11 is 6.25. The first-order chi connectivity index (χ1) is 9.58. The van der Waals surface area contributed by atoms with E-state index in [1.165, 1.54) is 18.4 Å². The number of hydrogen-bond acceptors (Lipinski definition) is 2. The van der Waals surface area contributed by atoms with Gasteiger partial charge in [0.05, 0.1) is 11.8 Å². The maximum Gasteiger partial charge on any atom is 0.130 e. The number of rotatable bonds is 4. The Balaban J connectivity index is 1.88. The lowest BCUT2D eigenvalue weighted by Crippen LogP contribution is -2.06. The minimum Gasteiger partial charge on any atom is -0.388 e. The first-order valence-corrected chi connectivity index (χ1v) is 7.40. The van der Waals surface area contributed by atoms with Crippen molar-refractivity contribution in [1.29, 1.82) is 0 Å². The highest BCUT2D eigenvalue weighted by Crippen LogP contribution is 2.43. The molecule has 3 rings (SSSR count). The van der Waals surface area contributed by atoms with Crippen molar-refractivity contribution >= 4 is 11.6 Å². The van der Waals surface area contributed by atoms with Crippen LogP contribution in [0.15, 0.2) is 24.3 Å². The molecule has 3 nitrogen and oxygen atoms in total. The van der Waals surface area contributed by atoms with Crippen LogP contribution < -0.4 is 0 Å². The Hall–Kier alpha value is -1.32. The van der Waals surface area contributed by atoms with E-state index in [0.717, 1.165) is 16.8 Å². The van der Waals surface area contributed by atoms with Crippen molar-refractivity contribution in [2.24, 2.45) is 7.05 Å². The third-order valence-corrected chi connectivity index (χ3v) is 4.51. The van der Waals surface area contributed by atoms with E-state index in [4.69, 9.17) is 11.6 Å². The zero-order chi connectivity index (χ0) is 14.3. The number of benzene rings is 1. The Kier molecular flexibility index (Phi) is 3.57. The van der Waals surface area contributed by atoms with E-state index in [-0.39, 0.29) is 0 Å². The van der Waals surface area contributed by atoms with Gasteiger partial charge >= 0.3 is 0 Å². The second-order valence-electron chi connectivity index (χ2n) is 5.60. The maximum absolute atomic E-state index is 10.6. The summed E-state index contributed by atoms with van der Waals surface area (Å²) in [6.45, 7) is 1.93. The van der Waals surface area contributed by atoms with Crippen LogP contribution in [-0.4, -0.2) is 14.9 Å². The van der Waals surface area contributed by atoms with E-state index in [0.29, 0.717) is 17.5 Å². The third-order valence-electron chi connectivity index (χ3n) is 4.04. The molecule has 1 aliphatic rings. The largest absolute Gasteiger partial charge is 0.388 e. The summed E-state index contributed by atoms with van der Waals surface area (Å²) in [5.41, 5.74) is 4.15. The Morgan fingerprint density at radius 1 is 1.40 bits per heavy atom. The Morgan fingerprint density at radius 2 is 2.10 bits per heavy atom. The fraction of sp³-hybridized carbons (Fsp3) is 0.438. The molecule has 1 N–H and O–H groups in total. The zero-order valence-electron chi connectivity index (χ0n) is 11.8. The van der Waals surface area contributed by atoms with Gasteiger partial charge in [0.1, 0.15) is 5.15 Å². The first kappa shape index (κ1) is 13.7. The van der Waals surface area contributed by atoms with Gasteiger partial charge in [-0.25, -0.2) is 0 Å². The van der Waals surface area contributed by atoms with E-state index in [9.17, 15) is 5.11 Å². The summed E-state index contributed by atoms with van der Waals surface area (Å²) < 4.78 is 1.66. The monoisotopic (exact) mass is 290 g/mol. The predicted molar refractivity (Wildman–Crippen MR) is 80.0 cm³/mol. The highest BCUT2D eigenvalue weighted by atomic mass is 35.5. The van der Waals surface area contributed by atoms with E-state index < -0.39 is 6.10 Å². The fourth-order valence-electron chi connectivity index (χ4n) is 2.79. The van der Waals surface area contributed by atoms with Crippen molar-refractivity contribution in [1.82, 2.24) is 9.78 Å². The first-order valence-electron chi connectivity index (χ1n) is 7.02. The van der Waals surface area contributed by atoms with Crippen LogP contribution in [0.25, 0.3) is 0 Å². The van der Waals surface area contributed by atoms with Crippen LogP contribution in [0.5, 0.6) is 0 Å². The molecule has 1 unspecified atom stereocenters. The maximum atomic E-state index is 10.6. The molecular formula is C16H19ClN2O. The van der Waals surface area contributed by atoms with Gasteiger partial charge in [-0.15, -0.1) is 0 Å². The summed E-state index contributed by atoms with van der Waals surface area (Å²) in [5, 5.41) is 15.5. The van der Waals surface area contributed by atoms with E-state index in [2.05, 4.69) is 11.2 Å².